The molecule has 1 nitrogen and oxygen atoms in total. The van der Waals surface area contributed by atoms with Crippen molar-refractivity contribution >= 4 is 0 Å². The monoisotopic (exact) mass is 244 g/mol. The molecule has 94 valence electrons. The van der Waals surface area contributed by atoms with Gasteiger partial charge in [-0.15, -0.1) is 0 Å². The fourth-order valence-electron chi connectivity index (χ4n) is 2.32. The standard InChI is InChI=1S/C13H15F3O/c14-12-7-10(1-2-11(12)8-17)9-3-5-13(15,16)6-4-9/h1-2,7,9,17H,3-6,8H2. The molecule has 2 rings (SSSR count). The molecule has 1 aliphatic carbocycles. The molecule has 1 saturated carbocycles. The smallest absolute Gasteiger partial charge is 0.248 e. The molecule has 0 aromatic heterocycles. The third kappa shape index (κ3) is 2.80. The minimum atomic E-state index is -2.56. The minimum absolute atomic E-state index is 0.0110. The first-order valence-corrected chi connectivity index (χ1v) is 5.79. The van der Waals surface area contributed by atoms with E-state index in [4.69, 9.17) is 5.11 Å². The van der Waals surface area contributed by atoms with Crippen molar-refractivity contribution < 1.29 is 18.3 Å². The summed E-state index contributed by atoms with van der Waals surface area (Å²) in [5.74, 6) is -3.00. The number of hydrogen-bond donors (Lipinski definition) is 1. The van der Waals surface area contributed by atoms with E-state index in [9.17, 15) is 13.2 Å². The highest BCUT2D eigenvalue weighted by atomic mass is 19.3. The quantitative estimate of drug-likeness (QED) is 0.842. The maximum Gasteiger partial charge on any atom is 0.248 e. The predicted molar refractivity (Wildman–Crippen MR) is 58.5 cm³/mol. The van der Waals surface area contributed by atoms with Gasteiger partial charge in [-0.25, -0.2) is 13.2 Å². The first-order chi connectivity index (χ1) is 8.02. The van der Waals surface area contributed by atoms with Crippen molar-refractivity contribution in [2.75, 3.05) is 0 Å². The summed E-state index contributed by atoms with van der Waals surface area (Å²) in [6, 6.07) is 4.61. The van der Waals surface area contributed by atoms with E-state index in [0.717, 1.165) is 5.56 Å². The van der Waals surface area contributed by atoms with Crippen LogP contribution in [0.15, 0.2) is 18.2 Å². The lowest BCUT2D eigenvalue weighted by Gasteiger charge is -2.28. The third-order valence-electron chi connectivity index (χ3n) is 3.44. The Hall–Kier alpha value is -1.03. The Bertz CT molecular complexity index is 394. The van der Waals surface area contributed by atoms with E-state index in [1.807, 2.05) is 0 Å². The molecule has 1 aromatic carbocycles. The Morgan fingerprint density at radius 1 is 1.24 bits per heavy atom. The van der Waals surface area contributed by atoms with Gasteiger partial charge in [0, 0.05) is 18.4 Å². The van der Waals surface area contributed by atoms with Crippen LogP contribution in [0.3, 0.4) is 0 Å². The van der Waals surface area contributed by atoms with Gasteiger partial charge < -0.3 is 5.11 Å². The van der Waals surface area contributed by atoms with Crippen LogP contribution in [0.25, 0.3) is 0 Å². The van der Waals surface area contributed by atoms with Gasteiger partial charge in [0.05, 0.1) is 6.61 Å². The first-order valence-electron chi connectivity index (χ1n) is 5.79. The molecule has 0 amide bonds. The van der Waals surface area contributed by atoms with Crippen LogP contribution < -0.4 is 0 Å². The van der Waals surface area contributed by atoms with E-state index < -0.39 is 11.7 Å². The van der Waals surface area contributed by atoms with Crippen LogP contribution in [0.1, 0.15) is 42.7 Å². The number of halogens is 3. The minimum Gasteiger partial charge on any atom is -0.392 e. The summed E-state index contributed by atoms with van der Waals surface area (Å²) in [5, 5.41) is 8.85. The normalized spacial score (nSPS) is 20.5. The fraction of sp³-hybridized carbons (Fsp3) is 0.538. The summed E-state index contributed by atoms with van der Waals surface area (Å²) in [6.45, 7) is -0.338. The molecule has 0 atom stereocenters. The van der Waals surface area contributed by atoms with Crippen LogP contribution in [0.5, 0.6) is 0 Å². The molecule has 1 N–H and O–H groups in total. The van der Waals surface area contributed by atoms with Crippen molar-refractivity contribution in [2.24, 2.45) is 0 Å². The number of benzene rings is 1. The fourth-order valence-corrected chi connectivity index (χ4v) is 2.32. The highest BCUT2D eigenvalue weighted by Crippen LogP contribution is 2.41. The van der Waals surface area contributed by atoms with Crippen LogP contribution in [-0.4, -0.2) is 11.0 Å². The zero-order chi connectivity index (χ0) is 12.5. The summed E-state index contributed by atoms with van der Waals surface area (Å²) in [7, 11) is 0. The molecule has 0 unspecified atom stereocenters. The largest absolute Gasteiger partial charge is 0.392 e. The second-order valence-electron chi connectivity index (χ2n) is 4.64. The maximum atomic E-state index is 13.4. The number of aliphatic hydroxyl groups excluding tert-OH is 1. The number of aliphatic hydroxyl groups is 1. The van der Waals surface area contributed by atoms with Crippen molar-refractivity contribution in [3.63, 3.8) is 0 Å². The van der Waals surface area contributed by atoms with Crippen molar-refractivity contribution in [1.82, 2.24) is 0 Å². The van der Waals surface area contributed by atoms with Gasteiger partial charge >= 0.3 is 0 Å². The van der Waals surface area contributed by atoms with Crippen molar-refractivity contribution in [2.45, 2.75) is 44.1 Å². The number of rotatable bonds is 2. The molecule has 0 saturated heterocycles. The molecule has 1 aliphatic rings. The highest BCUT2D eigenvalue weighted by Gasteiger charge is 2.35. The summed E-state index contributed by atoms with van der Waals surface area (Å²) < 4.78 is 39.4. The number of alkyl halides is 2. The van der Waals surface area contributed by atoms with Gasteiger partial charge in [0.2, 0.25) is 5.92 Å². The topological polar surface area (TPSA) is 20.2 Å². The molecule has 1 aromatic rings. The van der Waals surface area contributed by atoms with Crippen LogP contribution in [0.2, 0.25) is 0 Å². The van der Waals surface area contributed by atoms with Gasteiger partial charge in [-0.05, 0) is 30.4 Å². The molecule has 1 fully saturated rings. The van der Waals surface area contributed by atoms with E-state index in [1.54, 1.807) is 6.07 Å². The van der Waals surface area contributed by atoms with E-state index >= 15 is 0 Å². The van der Waals surface area contributed by atoms with E-state index in [1.165, 1.54) is 12.1 Å². The second kappa shape index (κ2) is 4.69. The molecule has 0 spiro atoms. The SMILES string of the molecule is OCc1ccc(C2CCC(F)(F)CC2)cc1F. The highest BCUT2D eigenvalue weighted by molar-refractivity contribution is 5.27. The average molecular weight is 244 g/mol. The summed E-state index contributed by atoms with van der Waals surface area (Å²) >= 11 is 0. The predicted octanol–water partition coefficient (Wildman–Crippen LogP) is 3.61. The van der Waals surface area contributed by atoms with E-state index in [0.29, 0.717) is 12.8 Å². The summed E-state index contributed by atoms with van der Waals surface area (Å²) in [4.78, 5) is 0. The molecule has 0 heterocycles. The van der Waals surface area contributed by atoms with Crippen molar-refractivity contribution in [3.8, 4) is 0 Å². The van der Waals surface area contributed by atoms with Crippen molar-refractivity contribution in [3.05, 3.63) is 35.1 Å². The Morgan fingerprint density at radius 3 is 2.41 bits per heavy atom. The molecule has 17 heavy (non-hydrogen) atoms. The number of hydrogen-bond acceptors (Lipinski definition) is 1. The van der Waals surface area contributed by atoms with Gasteiger partial charge in [-0.2, -0.15) is 0 Å². The van der Waals surface area contributed by atoms with Crippen LogP contribution in [-0.2, 0) is 6.61 Å². The molecular weight excluding hydrogens is 229 g/mol. The summed E-state index contributed by atoms with van der Waals surface area (Å²) in [6.07, 6.45) is 0.540. The Labute approximate surface area is 98.3 Å². The summed E-state index contributed by atoms with van der Waals surface area (Å²) in [5.41, 5.74) is 1.00. The van der Waals surface area contributed by atoms with Gasteiger partial charge in [0.15, 0.2) is 0 Å². The second-order valence-corrected chi connectivity index (χ2v) is 4.64. The Kier molecular flexibility index (Phi) is 3.43. The lowest BCUT2D eigenvalue weighted by atomic mass is 9.82. The Morgan fingerprint density at radius 2 is 1.88 bits per heavy atom. The maximum absolute atomic E-state index is 13.4. The molecular formula is C13H15F3O. The lowest BCUT2D eigenvalue weighted by molar-refractivity contribution is -0.0382. The third-order valence-corrected chi connectivity index (χ3v) is 3.44. The molecule has 0 radical (unpaired) electrons. The van der Waals surface area contributed by atoms with Crippen molar-refractivity contribution in [1.29, 1.82) is 0 Å². The first kappa shape index (κ1) is 12.4. The van der Waals surface area contributed by atoms with Crippen LogP contribution in [0.4, 0.5) is 13.2 Å². The van der Waals surface area contributed by atoms with Gasteiger partial charge in [-0.3, -0.25) is 0 Å². The van der Waals surface area contributed by atoms with E-state index in [-0.39, 0.29) is 30.9 Å². The lowest BCUT2D eigenvalue weighted by Crippen LogP contribution is -2.23. The van der Waals surface area contributed by atoms with E-state index in [2.05, 4.69) is 0 Å². The molecule has 4 heteroatoms. The molecule has 0 bridgehead atoms. The zero-order valence-corrected chi connectivity index (χ0v) is 9.43. The van der Waals surface area contributed by atoms with Gasteiger partial charge in [0.1, 0.15) is 5.82 Å². The average Bonchev–Trinajstić information content (AvgIpc) is 2.29. The van der Waals surface area contributed by atoms with Crippen LogP contribution in [0, 0.1) is 5.82 Å². The van der Waals surface area contributed by atoms with Gasteiger partial charge in [-0.1, -0.05) is 12.1 Å². The molecule has 0 aliphatic heterocycles. The van der Waals surface area contributed by atoms with Crippen LogP contribution >= 0.6 is 0 Å². The zero-order valence-electron chi connectivity index (χ0n) is 9.43. The van der Waals surface area contributed by atoms with Gasteiger partial charge in [0.25, 0.3) is 0 Å². The Balaban J connectivity index is 2.11.